The van der Waals surface area contributed by atoms with E-state index in [1.54, 1.807) is 11.3 Å². The second-order valence-electron chi connectivity index (χ2n) is 6.36. The normalized spacial score (nSPS) is 19.4. The van der Waals surface area contributed by atoms with Crippen molar-refractivity contribution in [1.29, 1.82) is 0 Å². The highest BCUT2D eigenvalue weighted by molar-refractivity contribution is 7.20. The lowest BCUT2D eigenvalue weighted by Crippen LogP contribution is -2.60. The summed E-state index contributed by atoms with van der Waals surface area (Å²) in [5.41, 5.74) is 1.20. The molecule has 2 aromatic rings. The van der Waals surface area contributed by atoms with E-state index in [2.05, 4.69) is 21.5 Å². The van der Waals surface area contributed by atoms with Gasteiger partial charge in [-0.3, -0.25) is 4.79 Å². The van der Waals surface area contributed by atoms with Crippen LogP contribution in [0.3, 0.4) is 0 Å². The van der Waals surface area contributed by atoms with Crippen LogP contribution in [0.15, 0.2) is 6.20 Å². The third-order valence-corrected chi connectivity index (χ3v) is 5.60. The van der Waals surface area contributed by atoms with Crippen LogP contribution in [0.4, 0.5) is 5.13 Å². The number of hydrogen-bond acceptors (Lipinski definition) is 6. The fourth-order valence-corrected chi connectivity index (χ4v) is 4.29. The van der Waals surface area contributed by atoms with Gasteiger partial charge >= 0.3 is 0 Å². The van der Waals surface area contributed by atoms with Gasteiger partial charge in [-0.25, -0.2) is 9.50 Å². The number of fused-ring (bicyclic) bond motifs is 1. The van der Waals surface area contributed by atoms with Crippen molar-refractivity contribution in [3.8, 4) is 0 Å². The molecule has 1 saturated heterocycles. The van der Waals surface area contributed by atoms with Crippen LogP contribution >= 0.6 is 11.3 Å². The Morgan fingerprint density at radius 2 is 2.22 bits per heavy atom. The molecule has 0 aromatic carbocycles. The Bertz CT molecular complexity index is 668. The summed E-state index contributed by atoms with van der Waals surface area (Å²) < 4.78 is 6.73. The molecule has 2 aromatic heterocycles. The van der Waals surface area contributed by atoms with Gasteiger partial charge in [-0.2, -0.15) is 0 Å². The fourth-order valence-electron chi connectivity index (χ4n) is 3.38. The number of amides is 1. The van der Waals surface area contributed by atoms with Crippen molar-refractivity contribution in [3.05, 3.63) is 11.9 Å². The quantitative estimate of drug-likeness (QED) is 0.894. The van der Waals surface area contributed by atoms with Crippen LogP contribution < -0.4 is 10.2 Å². The van der Waals surface area contributed by atoms with Crippen LogP contribution in [-0.4, -0.2) is 53.4 Å². The number of nitrogens with one attached hydrogen (secondary N) is 1. The fraction of sp³-hybridized carbons (Fsp3) is 0.667. The number of carbonyl (C=O) groups is 1. The highest BCUT2D eigenvalue weighted by atomic mass is 32.1. The lowest BCUT2D eigenvalue weighted by molar-refractivity contribution is -0.125. The van der Waals surface area contributed by atoms with Gasteiger partial charge in [-0.15, -0.1) is 5.10 Å². The number of aromatic nitrogens is 3. The molecule has 1 amide bonds. The largest absolute Gasteiger partial charge is 0.375 e. The molecule has 2 fully saturated rings. The average molecular weight is 335 g/mol. The van der Waals surface area contributed by atoms with E-state index in [0.717, 1.165) is 23.2 Å². The molecule has 0 radical (unpaired) electrons. The first kappa shape index (κ1) is 14.9. The van der Waals surface area contributed by atoms with Crippen LogP contribution in [0.5, 0.6) is 0 Å². The van der Waals surface area contributed by atoms with E-state index >= 15 is 0 Å². The standard InChI is InChI=1S/C15H21N5O2S/c1-22-9-13(21)16-11-6-19(7-11)15-18-20-8-12(17-14(20)23-15)10-4-2-3-5-10/h8,10-11H,2-7,9H2,1H3,(H,16,21). The molecule has 1 saturated carbocycles. The van der Waals surface area contributed by atoms with E-state index in [4.69, 9.17) is 9.72 Å². The summed E-state index contributed by atoms with van der Waals surface area (Å²) in [4.78, 5) is 19.4. The van der Waals surface area contributed by atoms with Crippen molar-refractivity contribution in [1.82, 2.24) is 19.9 Å². The van der Waals surface area contributed by atoms with Gasteiger partial charge in [0.25, 0.3) is 0 Å². The molecule has 0 unspecified atom stereocenters. The van der Waals surface area contributed by atoms with Crippen molar-refractivity contribution < 1.29 is 9.53 Å². The Labute approximate surface area is 138 Å². The molecular weight excluding hydrogens is 314 g/mol. The molecular formula is C15H21N5O2S. The van der Waals surface area contributed by atoms with E-state index in [0.29, 0.717) is 5.92 Å². The lowest BCUT2D eigenvalue weighted by atomic mass is 10.1. The van der Waals surface area contributed by atoms with Crippen LogP contribution in [-0.2, 0) is 9.53 Å². The Kier molecular flexibility index (Phi) is 3.94. The molecule has 0 atom stereocenters. The predicted molar refractivity (Wildman–Crippen MR) is 88.1 cm³/mol. The Morgan fingerprint density at radius 3 is 2.91 bits per heavy atom. The van der Waals surface area contributed by atoms with Gasteiger partial charge in [0, 0.05) is 26.1 Å². The van der Waals surface area contributed by atoms with Crippen LogP contribution in [0.2, 0.25) is 0 Å². The summed E-state index contributed by atoms with van der Waals surface area (Å²) in [5, 5.41) is 8.55. The lowest BCUT2D eigenvalue weighted by Gasteiger charge is -2.39. The van der Waals surface area contributed by atoms with Crippen molar-refractivity contribution >= 4 is 27.3 Å². The number of anilines is 1. The molecule has 1 aliphatic carbocycles. The Balaban J connectivity index is 1.37. The minimum absolute atomic E-state index is 0.0627. The van der Waals surface area contributed by atoms with Gasteiger partial charge in [0.1, 0.15) is 6.61 Å². The van der Waals surface area contributed by atoms with Gasteiger partial charge in [0.05, 0.1) is 17.9 Å². The maximum absolute atomic E-state index is 11.5. The monoisotopic (exact) mass is 335 g/mol. The number of hydrogen-bond donors (Lipinski definition) is 1. The molecule has 23 heavy (non-hydrogen) atoms. The number of imidazole rings is 1. The minimum atomic E-state index is -0.0627. The first-order valence-electron chi connectivity index (χ1n) is 8.12. The maximum Gasteiger partial charge on any atom is 0.246 e. The smallest absolute Gasteiger partial charge is 0.246 e. The molecule has 8 heteroatoms. The second kappa shape index (κ2) is 6.09. The molecule has 7 nitrogen and oxygen atoms in total. The summed E-state index contributed by atoms with van der Waals surface area (Å²) in [6, 6.07) is 0.183. The van der Waals surface area contributed by atoms with Gasteiger partial charge < -0.3 is 15.0 Å². The van der Waals surface area contributed by atoms with E-state index in [9.17, 15) is 4.79 Å². The van der Waals surface area contributed by atoms with Crippen molar-refractivity contribution in [2.24, 2.45) is 0 Å². The summed E-state index contributed by atoms with van der Waals surface area (Å²) in [6.07, 6.45) is 7.24. The molecule has 1 N–H and O–H groups in total. The maximum atomic E-state index is 11.5. The number of carbonyl (C=O) groups excluding carboxylic acids is 1. The van der Waals surface area contributed by atoms with Gasteiger partial charge in [-0.1, -0.05) is 24.2 Å². The number of ether oxygens (including phenoxy) is 1. The van der Waals surface area contributed by atoms with Gasteiger partial charge in [0.15, 0.2) is 0 Å². The minimum Gasteiger partial charge on any atom is -0.375 e. The van der Waals surface area contributed by atoms with Crippen molar-refractivity contribution in [3.63, 3.8) is 0 Å². The number of methoxy groups -OCH3 is 1. The van der Waals surface area contributed by atoms with Crippen molar-refractivity contribution in [2.45, 2.75) is 37.6 Å². The molecule has 2 aliphatic rings. The number of nitrogens with zero attached hydrogens (tertiary/aromatic N) is 4. The van der Waals surface area contributed by atoms with Crippen molar-refractivity contribution in [2.75, 3.05) is 31.7 Å². The van der Waals surface area contributed by atoms with Gasteiger partial charge in [-0.05, 0) is 12.8 Å². The third kappa shape index (κ3) is 2.92. The highest BCUT2D eigenvalue weighted by Crippen LogP contribution is 2.35. The van der Waals surface area contributed by atoms with E-state index in [1.807, 2.05) is 4.52 Å². The topological polar surface area (TPSA) is 71.8 Å². The predicted octanol–water partition coefficient (Wildman–Crippen LogP) is 1.40. The molecule has 124 valence electrons. The first-order valence-corrected chi connectivity index (χ1v) is 8.94. The summed E-state index contributed by atoms with van der Waals surface area (Å²) in [7, 11) is 1.53. The summed E-state index contributed by atoms with van der Waals surface area (Å²) in [6.45, 7) is 1.70. The Morgan fingerprint density at radius 1 is 1.43 bits per heavy atom. The van der Waals surface area contributed by atoms with E-state index in [-0.39, 0.29) is 18.6 Å². The Hall–Kier alpha value is -1.67. The summed E-state index contributed by atoms with van der Waals surface area (Å²) >= 11 is 1.62. The van der Waals surface area contributed by atoms with Gasteiger partial charge in [0.2, 0.25) is 16.0 Å². The molecule has 1 aliphatic heterocycles. The van der Waals surface area contributed by atoms with Crippen LogP contribution in [0, 0.1) is 0 Å². The zero-order chi connectivity index (χ0) is 15.8. The average Bonchev–Trinajstić information content (AvgIpc) is 3.16. The number of rotatable bonds is 5. The second-order valence-corrected chi connectivity index (χ2v) is 7.30. The molecule has 4 rings (SSSR count). The zero-order valence-corrected chi connectivity index (χ0v) is 14.0. The summed E-state index contributed by atoms with van der Waals surface area (Å²) in [5.74, 6) is 0.559. The third-order valence-electron chi connectivity index (χ3n) is 4.62. The molecule has 0 bridgehead atoms. The molecule has 3 heterocycles. The van der Waals surface area contributed by atoms with E-state index < -0.39 is 0 Å². The first-order chi connectivity index (χ1) is 11.2. The zero-order valence-electron chi connectivity index (χ0n) is 13.2. The molecule has 0 spiro atoms. The van der Waals surface area contributed by atoms with Crippen LogP contribution in [0.1, 0.15) is 37.3 Å². The SMILES string of the molecule is COCC(=O)NC1CN(c2nn3cc(C4CCCC4)nc3s2)C1. The van der Waals surface area contributed by atoms with E-state index in [1.165, 1.54) is 38.5 Å². The highest BCUT2D eigenvalue weighted by Gasteiger charge is 2.31. The van der Waals surface area contributed by atoms with Crippen LogP contribution in [0.25, 0.3) is 4.96 Å².